The molecule has 2 heterocycles. The molecule has 1 aromatic heterocycles. The predicted molar refractivity (Wildman–Crippen MR) is 35.4 cm³/mol. The third-order valence-corrected chi connectivity index (χ3v) is 1.16. The summed E-state index contributed by atoms with van der Waals surface area (Å²) in [6, 6.07) is 0. The first-order valence-electron chi connectivity index (χ1n) is 2.85. The number of nitrogens with one attached hydrogen (secondary N) is 1. The molecule has 1 aliphatic heterocycles. The lowest BCUT2D eigenvalue weighted by Crippen LogP contribution is -2.01. The number of rotatable bonds is 0. The molecular formula is C6H5N3O. The van der Waals surface area contributed by atoms with Gasteiger partial charge in [-0.2, -0.15) is 0 Å². The Labute approximate surface area is 57.6 Å². The monoisotopic (exact) mass is 135 g/mol. The van der Waals surface area contributed by atoms with Gasteiger partial charge in [-0.25, -0.2) is 9.97 Å². The summed E-state index contributed by atoms with van der Waals surface area (Å²) in [6.45, 7) is 0. The molecular weight excluding hydrogens is 130 g/mol. The highest BCUT2D eigenvalue weighted by atomic mass is 16.5. The van der Waals surface area contributed by atoms with E-state index in [9.17, 15) is 0 Å². The molecule has 2 rings (SSSR count). The van der Waals surface area contributed by atoms with Gasteiger partial charge in [0.05, 0.1) is 6.20 Å². The highest BCUT2D eigenvalue weighted by Gasteiger charge is 2.04. The number of aromatic nitrogens is 2. The van der Waals surface area contributed by atoms with Crippen LogP contribution in [0.3, 0.4) is 0 Å². The molecule has 0 bridgehead atoms. The van der Waals surface area contributed by atoms with Crippen molar-refractivity contribution in [2.24, 2.45) is 0 Å². The summed E-state index contributed by atoms with van der Waals surface area (Å²) in [5.74, 6) is 1.36. The van der Waals surface area contributed by atoms with Gasteiger partial charge in [0.15, 0.2) is 11.6 Å². The van der Waals surface area contributed by atoms with Crippen molar-refractivity contribution in [1.29, 1.82) is 0 Å². The SMILES string of the molecule is C1=COc2cncnc2N1. The first kappa shape index (κ1) is 5.22. The minimum atomic E-state index is 0.657. The Kier molecular flexibility index (Phi) is 1.04. The molecule has 0 saturated heterocycles. The third kappa shape index (κ3) is 0.699. The van der Waals surface area contributed by atoms with Crippen LogP contribution in [-0.2, 0) is 0 Å². The van der Waals surface area contributed by atoms with Crippen LogP contribution in [0.4, 0.5) is 5.82 Å². The van der Waals surface area contributed by atoms with Crippen LogP contribution in [0.25, 0.3) is 0 Å². The molecule has 4 nitrogen and oxygen atoms in total. The largest absolute Gasteiger partial charge is 0.458 e. The number of ether oxygens (including phenoxy) is 1. The second-order valence-electron chi connectivity index (χ2n) is 1.80. The smallest absolute Gasteiger partial charge is 0.187 e. The maximum atomic E-state index is 5.06. The fourth-order valence-corrected chi connectivity index (χ4v) is 0.732. The van der Waals surface area contributed by atoms with Crippen LogP contribution in [0.2, 0.25) is 0 Å². The maximum absolute atomic E-state index is 5.06. The summed E-state index contributed by atoms with van der Waals surface area (Å²) >= 11 is 0. The van der Waals surface area contributed by atoms with E-state index >= 15 is 0 Å². The highest BCUT2D eigenvalue weighted by Crippen LogP contribution is 2.21. The summed E-state index contributed by atoms with van der Waals surface area (Å²) in [5, 5.41) is 2.91. The molecule has 0 atom stereocenters. The molecule has 4 heteroatoms. The lowest BCUT2D eigenvalue weighted by atomic mass is 10.5. The van der Waals surface area contributed by atoms with Gasteiger partial charge >= 0.3 is 0 Å². The Hall–Kier alpha value is -1.58. The molecule has 0 radical (unpaired) electrons. The first-order chi connectivity index (χ1) is 4.97. The van der Waals surface area contributed by atoms with E-state index in [1.807, 2.05) is 0 Å². The normalized spacial score (nSPS) is 13.2. The van der Waals surface area contributed by atoms with Crippen molar-refractivity contribution >= 4 is 5.82 Å². The summed E-state index contributed by atoms with van der Waals surface area (Å²) < 4.78 is 5.06. The van der Waals surface area contributed by atoms with Crippen LogP contribution in [0, 0.1) is 0 Å². The first-order valence-corrected chi connectivity index (χ1v) is 2.85. The maximum Gasteiger partial charge on any atom is 0.187 e. The summed E-state index contributed by atoms with van der Waals surface area (Å²) in [6.07, 6.45) is 6.30. The average molecular weight is 135 g/mol. The van der Waals surface area contributed by atoms with Crippen molar-refractivity contribution in [2.75, 3.05) is 5.32 Å². The zero-order valence-electron chi connectivity index (χ0n) is 5.11. The Balaban J connectivity index is 2.47. The molecule has 0 saturated carbocycles. The van der Waals surface area contributed by atoms with Gasteiger partial charge in [0, 0.05) is 6.20 Å². The van der Waals surface area contributed by atoms with Crippen molar-refractivity contribution in [3.8, 4) is 5.75 Å². The number of hydrogen-bond donors (Lipinski definition) is 1. The van der Waals surface area contributed by atoms with Crippen LogP contribution in [0.5, 0.6) is 5.75 Å². The van der Waals surface area contributed by atoms with Crippen LogP contribution < -0.4 is 10.1 Å². The molecule has 0 aromatic carbocycles. The van der Waals surface area contributed by atoms with Gasteiger partial charge < -0.3 is 10.1 Å². The van der Waals surface area contributed by atoms with Gasteiger partial charge in [0.25, 0.3) is 0 Å². The lowest BCUT2D eigenvalue weighted by molar-refractivity contribution is 0.472. The Bertz CT molecular complexity index is 244. The van der Waals surface area contributed by atoms with E-state index in [2.05, 4.69) is 15.3 Å². The number of anilines is 1. The van der Waals surface area contributed by atoms with E-state index in [0.717, 1.165) is 0 Å². The molecule has 0 amide bonds. The molecule has 1 N–H and O–H groups in total. The number of nitrogens with zero attached hydrogens (tertiary/aromatic N) is 2. The van der Waals surface area contributed by atoms with Crippen LogP contribution in [0.1, 0.15) is 0 Å². The van der Waals surface area contributed by atoms with Crippen molar-refractivity contribution in [1.82, 2.24) is 9.97 Å². The van der Waals surface area contributed by atoms with Crippen LogP contribution in [-0.4, -0.2) is 9.97 Å². The van der Waals surface area contributed by atoms with Crippen molar-refractivity contribution in [2.45, 2.75) is 0 Å². The Morgan fingerprint density at radius 1 is 1.50 bits per heavy atom. The Morgan fingerprint density at radius 2 is 2.50 bits per heavy atom. The van der Waals surface area contributed by atoms with Crippen LogP contribution in [0.15, 0.2) is 25.0 Å². The van der Waals surface area contributed by atoms with E-state index in [-0.39, 0.29) is 0 Å². The molecule has 0 aliphatic carbocycles. The number of hydrogen-bond acceptors (Lipinski definition) is 4. The fraction of sp³-hybridized carbons (Fsp3) is 0. The molecule has 1 aromatic rings. The minimum absolute atomic E-state index is 0.657. The minimum Gasteiger partial charge on any atom is -0.458 e. The molecule has 1 aliphatic rings. The zero-order valence-corrected chi connectivity index (χ0v) is 5.11. The number of fused-ring (bicyclic) bond motifs is 1. The van der Waals surface area contributed by atoms with Crippen molar-refractivity contribution in [3.63, 3.8) is 0 Å². The molecule has 10 heavy (non-hydrogen) atoms. The second kappa shape index (κ2) is 1.98. The topological polar surface area (TPSA) is 47.0 Å². The van der Waals surface area contributed by atoms with E-state index in [4.69, 9.17) is 4.74 Å². The van der Waals surface area contributed by atoms with E-state index in [1.165, 1.54) is 6.33 Å². The average Bonchev–Trinajstić information content (AvgIpc) is 2.05. The quantitative estimate of drug-likeness (QED) is 0.570. The highest BCUT2D eigenvalue weighted by molar-refractivity contribution is 5.51. The molecule has 0 spiro atoms. The van der Waals surface area contributed by atoms with Crippen LogP contribution >= 0.6 is 0 Å². The van der Waals surface area contributed by atoms with E-state index in [1.54, 1.807) is 18.7 Å². The van der Waals surface area contributed by atoms with E-state index < -0.39 is 0 Å². The van der Waals surface area contributed by atoms with Crippen molar-refractivity contribution in [3.05, 3.63) is 25.0 Å². The molecule has 0 fully saturated rings. The molecule has 50 valence electrons. The zero-order chi connectivity index (χ0) is 6.81. The third-order valence-electron chi connectivity index (χ3n) is 1.16. The standard InChI is InChI=1S/C6H5N3O/c1-2-10-5-3-7-4-9-6(5)8-1/h1-4H,(H,7,8,9). The Morgan fingerprint density at radius 3 is 3.40 bits per heavy atom. The lowest BCUT2D eigenvalue weighted by Gasteiger charge is -2.09. The second-order valence-corrected chi connectivity index (χ2v) is 1.80. The summed E-state index contributed by atoms with van der Waals surface area (Å²) in [4.78, 5) is 7.71. The summed E-state index contributed by atoms with van der Waals surface area (Å²) in [5.41, 5.74) is 0. The van der Waals surface area contributed by atoms with E-state index in [0.29, 0.717) is 11.6 Å². The van der Waals surface area contributed by atoms with Gasteiger partial charge in [-0.05, 0) is 0 Å². The van der Waals surface area contributed by atoms with Gasteiger partial charge in [0.2, 0.25) is 0 Å². The molecule has 0 unspecified atom stereocenters. The summed E-state index contributed by atoms with van der Waals surface area (Å²) in [7, 11) is 0. The fourth-order valence-electron chi connectivity index (χ4n) is 0.732. The van der Waals surface area contributed by atoms with Gasteiger partial charge in [-0.3, -0.25) is 0 Å². The predicted octanol–water partition coefficient (Wildman–Crippen LogP) is 0.752. The van der Waals surface area contributed by atoms with Gasteiger partial charge in [-0.15, -0.1) is 0 Å². The van der Waals surface area contributed by atoms with Gasteiger partial charge in [-0.1, -0.05) is 0 Å². The van der Waals surface area contributed by atoms with Crippen molar-refractivity contribution < 1.29 is 4.74 Å². The van der Waals surface area contributed by atoms with Gasteiger partial charge in [0.1, 0.15) is 12.6 Å².